The predicted molar refractivity (Wildman–Crippen MR) is 113 cm³/mol. The van der Waals surface area contributed by atoms with E-state index in [1.54, 1.807) is 15.5 Å². The van der Waals surface area contributed by atoms with Crippen LogP contribution in [0, 0.1) is 6.92 Å². The first-order chi connectivity index (χ1) is 14.4. The van der Waals surface area contributed by atoms with Crippen molar-refractivity contribution in [3.8, 4) is 0 Å². The number of pyridine rings is 1. The summed E-state index contributed by atoms with van der Waals surface area (Å²) >= 11 is 3.44. The molecule has 1 aliphatic carbocycles. The highest BCUT2D eigenvalue weighted by Gasteiger charge is 2.62. The van der Waals surface area contributed by atoms with Gasteiger partial charge in [0.05, 0.1) is 21.7 Å². The summed E-state index contributed by atoms with van der Waals surface area (Å²) in [5.41, 5.74) is 1.07. The fraction of sp³-hybridized carbons (Fsp3) is 0.409. The van der Waals surface area contributed by atoms with Crippen molar-refractivity contribution < 1.29 is 14.3 Å². The van der Waals surface area contributed by atoms with Gasteiger partial charge in [-0.05, 0) is 43.7 Å². The van der Waals surface area contributed by atoms with Crippen LogP contribution in [0.5, 0.6) is 0 Å². The van der Waals surface area contributed by atoms with E-state index >= 15 is 0 Å². The molecular weight excluding hydrogens is 450 g/mol. The molecule has 30 heavy (non-hydrogen) atoms. The molecule has 0 N–H and O–H groups in total. The van der Waals surface area contributed by atoms with E-state index in [0.717, 1.165) is 11.1 Å². The molecule has 3 heterocycles. The molecule has 3 aliphatic rings. The minimum absolute atomic E-state index is 0.170. The van der Waals surface area contributed by atoms with E-state index in [2.05, 4.69) is 16.1 Å². The fourth-order valence-corrected chi connectivity index (χ4v) is 5.64. The standard InChI is InChI=1S/C22H22BrN3O4/c1-15-7-8-17(27)25-18(15)19(28)26(23)22(25)11-9-21(10-12-22)14-24(21)20(29)30-13-16-5-3-2-4-6-16/h2-8H,9-14H2,1H3. The van der Waals surface area contributed by atoms with Gasteiger partial charge in [-0.25, -0.2) is 8.72 Å². The maximum absolute atomic E-state index is 12.8. The lowest BCUT2D eigenvalue weighted by Crippen LogP contribution is -2.50. The number of aryl methyl sites for hydroxylation is 1. The number of fused-ring (bicyclic) bond motifs is 2. The van der Waals surface area contributed by atoms with Gasteiger partial charge >= 0.3 is 6.09 Å². The molecule has 5 rings (SSSR count). The van der Waals surface area contributed by atoms with Gasteiger partial charge in [-0.1, -0.05) is 36.4 Å². The van der Waals surface area contributed by atoms with E-state index < -0.39 is 5.66 Å². The second-order valence-electron chi connectivity index (χ2n) is 8.46. The van der Waals surface area contributed by atoms with Crippen molar-refractivity contribution in [1.82, 2.24) is 13.4 Å². The van der Waals surface area contributed by atoms with E-state index in [1.165, 1.54) is 9.99 Å². The number of ether oxygens (including phenoxy) is 1. The number of carbonyl (C=O) groups excluding carboxylic acids is 2. The Bertz CT molecular complexity index is 1090. The van der Waals surface area contributed by atoms with Crippen molar-refractivity contribution in [3.63, 3.8) is 0 Å². The molecule has 7 nitrogen and oxygen atoms in total. The number of amides is 2. The van der Waals surface area contributed by atoms with Crippen LogP contribution >= 0.6 is 16.1 Å². The molecule has 2 amide bonds. The van der Waals surface area contributed by atoms with Crippen molar-refractivity contribution in [2.75, 3.05) is 6.54 Å². The van der Waals surface area contributed by atoms with E-state index in [4.69, 9.17) is 4.74 Å². The number of halogens is 1. The van der Waals surface area contributed by atoms with Crippen LogP contribution in [0.4, 0.5) is 4.79 Å². The molecule has 0 atom stereocenters. The van der Waals surface area contributed by atoms with Gasteiger partial charge in [-0.3, -0.25) is 19.1 Å². The summed E-state index contributed by atoms with van der Waals surface area (Å²) in [5.74, 6) is -0.184. The predicted octanol–water partition coefficient (Wildman–Crippen LogP) is 3.54. The molecule has 0 bridgehead atoms. The summed E-state index contributed by atoms with van der Waals surface area (Å²) < 4.78 is 8.67. The number of benzene rings is 1. The van der Waals surface area contributed by atoms with Gasteiger partial charge in [0.25, 0.3) is 11.5 Å². The molecule has 2 spiro atoms. The number of aromatic nitrogens is 1. The Morgan fingerprint density at radius 2 is 1.77 bits per heavy atom. The van der Waals surface area contributed by atoms with Gasteiger partial charge < -0.3 is 4.74 Å². The summed E-state index contributed by atoms with van der Waals surface area (Å²) in [7, 11) is 0. The van der Waals surface area contributed by atoms with Gasteiger partial charge in [0.2, 0.25) is 0 Å². The van der Waals surface area contributed by atoms with Crippen LogP contribution in [0.1, 0.15) is 47.3 Å². The average molecular weight is 472 g/mol. The molecule has 1 saturated heterocycles. The van der Waals surface area contributed by atoms with E-state index in [0.29, 0.717) is 37.9 Å². The molecule has 0 unspecified atom stereocenters. The number of nitrogens with zero attached hydrogens (tertiary/aromatic N) is 3. The zero-order chi connectivity index (χ0) is 21.1. The third-order valence-electron chi connectivity index (χ3n) is 6.78. The SMILES string of the molecule is Cc1ccc(=O)n2c1C(=O)N(Br)C21CCC2(CC1)CN2C(=O)OCc1ccccc1. The topological polar surface area (TPSA) is 71.6 Å². The van der Waals surface area contributed by atoms with Crippen LogP contribution in [0.3, 0.4) is 0 Å². The summed E-state index contributed by atoms with van der Waals surface area (Å²) in [6.45, 7) is 2.75. The summed E-state index contributed by atoms with van der Waals surface area (Å²) in [5, 5.41) is 0. The number of hydrogen-bond donors (Lipinski definition) is 0. The van der Waals surface area contributed by atoms with Crippen LogP contribution in [-0.2, 0) is 17.0 Å². The Hall–Kier alpha value is -2.61. The molecule has 2 aromatic rings. The minimum atomic E-state index is -0.719. The zero-order valence-electron chi connectivity index (χ0n) is 16.6. The highest BCUT2D eigenvalue weighted by Crippen LogP contribution is 2.54. The monoisotopic (exact) mass is 471 g/mol. The zero-order valence-corrected chi connectivity index (χ0v) is 18.2. The van der Waals surface area contributed by atoms with Crippen LogP contribution in [0.15, 0.2) is 47.3 Å². The Labute approximate surface area is 182 Å². The van der Waals surface area contributed by atoms with Crippen LogP contribution < -0.4 is 5.56 Å². The number of carbonyl (C=O) groups is 2. The van der Waals surface area contributed by atoms with E-state index in [1.807, 2.05) is 37.3 Å². The molecule has 2 aliphatic heterocycles. The maximum atomic E-state index is 12.8. The van der Waals surface area contributed by atoms with Crippen LogP contribution in [-0.4, -0.2) is 37.5 Å². The molecule has 1 aromatic carbocycles. The molecule has 156 valence electrons. The fourth-order valence-electron chi connectivity index (χ4n) is 4.96. The van der Waals surface area contributed by atoms with Crippen molar-refractivity contribution >= 4 is 28.1 Å². The van der Waals surface area contributed by atoms with Crippen molar-refractivity contribution in [2.45, 2.75) is 50.4 Å². The van der Waals surface area contributed by atoms with Gasteiger partial charge in [-0.2, -0.15) is 0 Å². The highest BCUT2D eigenvalue weighted by atomic mass is 79.9. The molecular formula is C22H22BrN3O4. The van der Waals surface area contributed by atoms with Gasteiger partial charge in [0.1, 0.15) is 18.0 Å². The molecule has 8 heteroatoms. The number of hydrogen-bond acceptors (Lipinski definition) is 4. The quantitative estimate of drug-likeness (QED) is 0.495. The normalized spacial score (nSPS) is 26.9. The van der Waals surface area contributed by atoms with Crippen molar-refractivity contribution in [3.05, 3.63) is 69.6 Å². The van der Waals surface area contributed by atoms with Gasteiger partial charge in [0.15, 0.2) is 0 Å². The first-order valence-electron chi connectivity index (χ1n) is 10.1. The van der Waals surface area contributed by atoms with E-state index in [9.17, 15) is 14.4 Å². The minimum Gasteiger partial charge on any atom is -0.445 e. The van der Waals surface area contributed by atoms with Crippen molar-refractivity contribution in [2.24, 2.45) is 0 Å². The lowest BCUT2D eigenvalue weighted by molar-refractivity contribution is 0.0500. The Morgan fingerprint density at radius 3 is 2.47 bits per heavy atom. The Morgan fingerprint density at radius 1 is 1.07 bits per heavy atom. The Balaban J connectivity index is 1.31. The summed E-state index contributed by atoms with van der Waals surface area (Å²) in [6, 6.07) is 12.8. The Kier molecular flexibility index (Phi) is 4.32. The maximum Gasteiger partial charge on any atom is 0.410 e. The molecule has 1 saturated carbocycles. The van der Waals surface area contributed by atoms with Gasteiger partial charge in [-0.15, -0.1) is 0 Å². The number of rotatable bonds is 2. The second kappa shape index (κ2) is 6.70. The average Bonchev–Trinajstić information content (AvgIpc) is 3.42. The van der Waals surface area contributed by atoms with Crippen LogP contribution in [0.2, 0.25) is 0 Å². The van der Waals surface area contributed by atoms with E-state index in [-0.39, 0.29) is 29.7 Å². The van der Waals surface area contributed by atoms with Crippen LogP contribution in [0.25, 0.3) is 0 Å². The lowest BCUT2D eigenvalue weighted by atomic mass is 9.81. The van der Waals surface area contributed by atoms with Crippen molar-refractivity contribution in [1.29, 1.82) is 0 Å². The first-order valence-corrected chi connectivity index (χ1v) is 10.8. The smallest absolute Gasteiger partial charge is 0.410 e. The van der Waals surface area contributed by atoms with Gasteiger partial charge in [0, 0.05) is 12.6 Å². The third kappa shape index (κ3) is 2.73. The molecule has 2 fully saturated rings. The molecule has 0 radical (unpaired) electrons. The lowest BCUT2D eigenvalue weighted by Gasteiger charge is -2.41. The molecule has 1 aromatic heterocycles. The second-order valence-corrected chi connectivity index (χ2v) is 9.17. The largest absolute Gasteiger partial charge is 0.445 e. The summed E-state index contributed by atoms with van der Waals surface area (Å²) in [4.78, 5) is 39.9. The first kappa shape index (κ1) is 19.4. The highest BCUT2D eigenvalue weighted by molar-refractivity contribution is 9.07. The summed E-state index contributed by atoms with van der Waals surface area (Å²) in [6.07, 6.45) is 2.32. The third-order valence-corrected chi connectivity index (χ3v) is 7.77.